The molecule has 6 heteroatoms. The van der Waals surface area contributed by atoms with Gasteiger partial charge in [0.2, 0.25) is 0 Å². The summed E-state index contributed by atoms with van der Waals surface area (Å²) in [5.41, 5.74) is 1.88. The van der Waals surface area contributed by atoms with Gasteiger partial charge in [0.15, 0.2) is 0 Å². The molecule has 1 fully saturated rings. The Kier molecular flexibility index (Phi) is 6.89. The molecule has 0 spiro atoms. The van der Waals surface area contributed by atoms with E-state index in [0.717, 1.165) is 18.6 Å². The normalized spacial score (nSPS) is 14.2. The van der Waals surface area contributed by atoms with Crippen molar-refractivity contribution in [2.24, 2.45) is 0 Å². The minimum Gasteiger partial charge on any atom is -0.494 e. The SMILES string of the molecule is CCOc1ccc(NC(=O)c2ccc(NC(=O)NC3CCCCC3)cc2)cc1. The Hall–Kier alpha value is -3.02. The molecule has 0 radical (unpaired) electrons. The monoisotopic (exact) mass is 381 g/mol. The molecule has 3 rings (SSSR count). The molecule has 2 aromatic carbocycles. The zero-order valence-corrected chi connectivity index (χ0v) is 16.2. The number of hydrogen-bond donors (Lipinski definition) is 3. The van der Waals surface area contributed by atoms with Crippen LogP contribution in [0.2, 0.25) is 0 Å². The summed E-state index contributed by atoms with van der Waals surface area (Å²) < 4.78 is 5.39. The molecule has 3 N–H and O–H groups in total. The van der Waals surface area contributed by atoms with Crippen LogP contribution >= 0.6 is 0 Å². The van der Waals surface area contributed by atoms with E-state index in [9.17, 15) is 9.59 Å². The van der Waals surface area contributed by atoms with Crippen molar-refractivity contribution in [3.05, 3.63) is 54.1 Å². The van der Waals surface area contributed by atoms with E-state index in [-0.39, 0.29) is 18.0 Å². The van der Waals surface area contributed by atoms with Gasteiger partial charge < -0.3 is 20.7 Å². The molecular weight excluding hydrogens is 354 g/mol. The topological polar surface area (TPSA) is 79.5 Å². The van der Waals surface area contributed by atoms with Gasteiger partial charge in [-0.25, -0.2) is 4.79 Å². The molecule has 0 aromatic heterocycles. The van der Waals surface area contributed by atoms with Crippen molar-refractivity contribution in [2.75, 3.05) is 17.2 Å². The Balaban J connectivity index is 1.51. The predicted octanol–water partition coefficient (Wildman–Crippen LogP) is 4.79. The maximum Gasteiger partial charge on any atom is 0.319 e. The van der Waals surface area contributed by atoms with Gasteiger partial charge in [0, 0.05) is 23.0 Å². The number of urea groups is 1. The first-order valence-corrected chi connectivity index (χ1v) is 9.86. The maximum absolute atomic E-state index is 12.4. The lowest BCUT2D eigenvalue weighted by molar-refractivity contribution is 0.102. The number of hydrogen-bond acceptors (Lipinski definition) is 3. The van der Waals surface area contributed by atoms with Crippen LogP contribution in [0.4, 0.5) is 16.2 Å². The Morgan fingerprint density at radius 2 is 1.50 bits per heavy atom. The van der Waals surface area contributed by atoms with Gasteiger partial charge in [0.25, 0.3) is 5.91 Å². The number of rotatable bonds is 6. The number of ether oxygens (including phenoxy) is 1. The highest BCUT2D eigenvalue weighted by atomic mass is 16.5. The first-order chi connectivity index (χ1) is 13.6. The Labute approximate surface area is 165 Å². The van der Waals surface area contributed by atoms with Crippen LogP contribution < -0.4 is 20.7 Å². The Bertz CT molecular complexity index is 782. The minimum atomic E-state index is -0.206. The lowest BCUT2D eigenvalue weighted by atomic mass is 9.96. The molecule has 1 aliphatic rings. The highest BCUT2D eigenvalue weighted by molar-refractivity contribution is 6.04. The smallest absolute Gasteiger partial charge is 0.319 e. The van der Waals surface area contributed by atoms with Crippen LogP contribution in [0.15, 0.2) is 48.5 Å². The van der Waals surface area contributed by atoms with Crippen molar-refractivity contribution in [1.82, 2.24) is 5.32 Å². The number of amides is 3. The van der Waals surface area contributed by atoms with Crippen LogP contribution in [0.25, 0.3) is 0 Å². The van der Waals surface area contributed by atoms with E-state index in [0.29, 0.717) is 23.5 Å². The van der Waals surface area contributed by atoms with Crippen molar-refractivity contribution in [3.8, 4) is 5.75 Å². The predicted molar refractivity (Wildman–Crippen MR) is 111 cm³/mol. The van der Waals surface area contributed by atoms with Crippen molar-refractivity contribution in [3.63, 3.8) is 0 Å². The summed E-state index contributed by atoms with van der Waals surface area (Å²) >= 11 is 0. The van der Waals surface area contributed by atoms with Crippen molar-refractivity contribution in [2.45, 2.75) is 45.1 Å². The van der Waals surface area contributed by atoms with Crippen LogP contribution in [0.5, 0.6) is 5.75 Å². The van der Waals surface area contributed by atoms with E-state index in [1.165, 1.54) is 19.3 Å². The summed E-state index contributed by atoms with van der Waals surface area (Å²) in [6.45, 7) is 2.53. The fourth-order valence-corrected chi connectivity index (χ4v) is 3.31. The largest absolute Gasteiger partial charge is 0.494 e. The number of anilines is 2. The molecule has 0 bridgehead atoms. The third kappa shape index (κ3) is 5.74. The lowest BCUT2D eigenvalue weighted by Crippen LogP contribution is -2.39. The van der Waals surface area contributed by atoms with Crippen LogP contribution in [-0.4, -0.2) is 24.6 Å². The van der Waals surface area contributed by atoms with E-state index in [4.69, 9.17) is 4.74 Å². The van der Waals surface area contributed by atoms with Gasteiger partial charge in [-0.2, -0.15) is 0 Å². The molecule has 3 amide bonds. The van der Waals surface area contributed by atoms with E-state index in [2.05, 4.69) is 16.0 Å². The Morgan fingerprint density at radius 3 is 2.14 bits per heavy atom. The molecule has 0 heterocycles. The number of carbonyl (C=O) groups is 2. The third-order valence-corrected chi connectivity index (χ3v) is 4.77. The minimum absolute atomic E-state index is 0.196. The van der Waals surface area contributed by atoms with Crippen molar-refractivity contribution in [1.29, 1.82) is 0 Å². The summed E-state index contributed by atoms with van der Waals surface area (Å²) in [7, 11) is 0. The molecule has 28 heavy (non-hydrogen) atoms. The first-order valence-electron chi connectivity index (χ1n) is 9.86. The quantitative estimate of drug-likeness (QED) is 0.673. The van der Waals surface area contributed by atoms with E-state index < -0.39 is 0 Å². The summed E-state index contributed by atoms with van der Waals surface area (Å²) in [6, 6.07) is 14.1. The Morgan fingerprint density at radius 1 is 0.893 bits per heavy atom. The highest BCUT2D eigenvalue weighted by Gasteiger charge is 2.15. The third-order valence-electron chi connectivity index (χ3n) is 4.77. The van der Waals surface area contributed by atoms with E-state index >= 15 is 0 Å². The molecule has 0 atom stereocenters. The molecule has 6 nitrogen and oxygen atoms in total. The zero-order valence-electron chi connectivity index (χ0n) is 16.2. The average molecular weight is 381 g/mol. The molecule has 0 unspecified atom stereocenters. The molecular formula is C22H27N3O3. The summed E-state index contributed by atoms with van der Waals surface area (Å²) in [4.78, 5) is 24.5. The van der Waals surface area contributed by atoms with Gasteiger partial charge >= 0.3 is 6.03 Å². The number of benzene rings is 2. The summed E-state index contributed by atoms with van der Waals surface area (Å²) in [5.74, 6) is 0.560. The van der Waals surface area contributed by atoms with Gasteiger partial charge in [-0.15, -0.1) is 0 Å². The molecule has 1 saturated carbocycles. The fourth-order valence-electron chi connectivity index (χ4n) is 3.31. The first kappa shape index (κ1) is 19.7. The van der Waals surface area contributed by atoms with Gasteiger partial charge in [-0.1, -0.05) is 19.3 Å². The molecule has 0 saturated heterocycles. The fraction of sp³-hybridized carbons (Fsp3) is 0.364. The maximum atomic E-state index is 12.4. The second kappa shape index (κ2) is 9.78. The van der Waals surface area contributed by atoms with Gasteiger partial charge in [-0.05, 0) is 68.3 Å². The van der Waals surface area contributed by atoms with E-state index in [1.54, 1.807) is 36.4 Å². The summed E-state index contributed by atoms with van der Waals surface area (Å²) in [6.07, 6.45) is 5.67. The standard InChI is InChI=1S/C22H27N3O3/c1-2-28-20-14-12-18(13-15-20)23-21(26)16-8-10-19(11-9-16)25-22(27)24-17-6-4-3-5-7-17/h8-15,17H,2-7H2,1H3,(H,23,26)(H2,24,25,27). The van der Waals surface area contributed by atoms with Crippen molar-refractivity contribution < 1.29 is 14.3 Å². The van der Waals surface area contributed by atoms with Gasteiger partial charge in [0.1, 0.15) is 5.75 Å². The molecule has 148 valence electrons. The molecule has 2 aromatic rings. The average Bonchev–Trinajstić information content (AvgIpc) is 2.71. The zero-order chi connectivity index (χ0) is 19.8. The van der Waals surface area contributed by atoms with Crippen molar-refractivity contribution >= 4 is 23.3 Å². The molecule has 0 aliphatic heterocycles. The number of carbonyl (C=O) groups excluding carboxylic acids is 2. The van der Waals surface area contributed by atoms with Crippen LogP contribution in [0, 0.1) is 0 Å². The van der Waals surface area contributed by atoms with Crippen LogP contribution in [0.1, 0.15) is 49.4 Å². The van der Waals surface area contributed by atoms with Gasteiger partial charge in [0.05, 0.1) is 6.61 Å². The van der Waals surface area contributed by atoms with Crippen LogP contribution in [0.3, 0.4) is 0 Å². The summed E-state index contributed by atoms with van der Waals surface area (Å²) in [5, 5.41) is 8.69. The second-order valence-corrected chi connectivity index (χ2v) is 6.92. The number of nitrogens with one attached hydrogen (secondary N) is 3. The molecule has 1 aliphatic carbocycles. The highest BCUT2D eigenvalue weighted by Crippen LogP contribution is 2.19. The van der Waals surface area contributed by atoms with Gasteiger partial charge in [-0.3, -0.25) is 4.79 Å². The van der Waals surface area contributed by atoms with E-state index in [1.807, 2.05) is 19.1 Å². The lowest BCUT2D eigenvalue weighted by Gasteiger charge is -2.22. The second-order valence-electron chi connectivity index (χ2n) is 6.92. The van der Waals surface area contributed by atoms with Crippen LogP contribution in [-0.2, 0) is 0 Å².